The number of hydrogen-bond donors (Lipinski definition) is 3. The number of carbonyl (C=O) groups is 5. The summed E-state index contributed by atoms with van der Waals surface area (Å²) >= 11 is 0. The molecule has 0 radical (unpaired) electrons. The van der Waals surface area contributed by atoms with E-state index in [0.29, 0.717) is 43.9 Å². The van der Waals surface area contributed by atoms with Gasteiger partial charge < -0.3 is 35.0 Å². The summed E-state index contributed by atoms with van der Waals surface area (Å²) in [5.41, 5.74) is 1.46. The van der Waals surface area contributed by atoms with Crippen LogP contribution in [0.5, 0.6) is 11.5 Å². The van der Waals surface area contributed by atoms with E-state index >= 15 is 0 Å². The van der Waals surface area contributed by atoms with E-state index in [2.05, 4.69) is 10.6 Å². The molecule has 12 nitrogen and oxygen atoms in total. The number of carbonyl (C=O) groups excluding carboxylic acids is 4. The number of hydrogen-bond acceptors (Lipinski definition) is 7. The second-order valence-corrected chi connectivity index (χ2v) is 10.9. The molecule has 0 aliphatic carbocycles. The zero-order chi connectivity index (χ0) is 31.5. The lowest BCUT2D eigenvalue weighted by molar-refractivity contribution is -0.142. The Morgan fingerprint density at radius 2 is 1.51 bits per heavy atom. The van der Waals surface area contributed by atoms with E-state index in [4.69, 9.17) is 9.47 Å². The molecule has 2 aromatic carbocycles. The van der Waals surface area contributed by atoms with Gasteiger partial charge in [0.2, 0.25) is 11.8 Å². The molecule has 3 rings (SSSR count). The molecule has 12 heteroatoms. The number of nitrogens with zero attached hydrogens (tertiary/aromatic N) is 2. The molecule has 0 bridgehead atoms. The fourth-order valence-corrected chi connectivity index (χ4v) is 4.57. The SMILES string of the molecule is CC(=O)N1CCN(C(=O)Oc2ccc(C[C@H](NC(=O)[C@H](CC(C)C)NC(=O)COc3ccccc3C)C(=O)O)cc2)CC1. The summed E-state index contributed by atoms with van der Waals surface area (Å²) in [4.78, 5) is 64.9. The molecule has 3 N–H and O–H groups in total. The zero-order valence-electron chi connectivity index (χ0n) is 25.0. The summed E-state index contributed by atoms with van der Waals surface area (Å²) < 4.78 is 11.0. The molecule has 232 valence electrons. The quantitative estimate of drug-likeness (QED) is 0.338. The number of carboxylic acid groups (broad SMARTS) is 1. The van der Waals surface area contributed by atoms with Crippen molar-refractivity contribution in [2.45, 2.75) is 52.6 Å². The third-order valence-corrected chi connectivity index (χ3v) is 6.98. The van der Waals surface area contributed by atoms with Crippen LogP contribution in [0.4, 0.5) is 4.79 Å². The van der Waals surface area contributed by atoms with E-state index in [9.17, 15) is 29.1 Å². The van der Waals surface area contributed by atoms with Crippen LogP contribution in [0.1, 0.15) is 38.3 Å². The first kappa shape index (κ1) is 32.9. The van der Waals surface area contributed by atoms with Crippen LogP contribution in [-0.4, -0.2) is 89.6 Å². The van der Waals surface area contributed by atoms with Crippen LogP contribution in [0.2, 0.25) is 0 Å². The zero-order valence-corrected chi connectivity index (χ0v) is 25.0. The molecule has 43 heavy (non-hydrogen) atoms. The van der Waals surface area contributed by atoms with E-state index in [1.165, 1.54) is 11.8 Å². The van der Waals surface area contributed by atoms with Crippen molar-refractivity contribution >= 4 is 29.8 Å². The maximum absolute atomic E-state index is 13.1. The Labute approximate surface area is 251 Å². The summed E-state index contributed by atoms with van der Waals surface area (Å²) in [6, 6.07) is 11.4. The Morgan fingerprint density at radius 3 is 2.09 bits per heavy atom. The average Bonchev–Trinajstić information content (AvgIpc) is 2.96. The van der Waals surface area contributed by atoms with Gasteiger partial charge in [0.05, 0.1) is 0 Å². The Kier molecular flexibility index (Phi) is 11.9. The first-order chi connectivity index (χ1) is 20.4. The van der Waals surface area contributed by atoms with Crippen molar-refractivity contribution in [1.29, 1.82) is 0 Å². The van der Waals surface area contributed by atoms with Crippen molar-refractivity contribution in [3.8, 4) is 11.5 Å². The normalized spacial score (nSPS) is 14.4. The highest BCUT2D eigenvalue weighted by Gasteiger charge is 2.28. The molecule has 1 aliphatic rings. The van der Waals surface area contributed by atoms with Crippen LogP contribution >= 0.6 is 0 Å². The fraction of sp³-hybridized carbons (Fsp3) is 0.452. The number of aliphatic carboxylic acids is 1. The van der Waals surface area contributed by atoms with Gasteiger partial charge in [-0.3, -0.25) is 14.4 Å². The van der Waals surface area contributed by atoms with Gasteiger partial charge in [0.1, 0.15) is 23.6 Å². The number of rotatable bonds is 12. The number of para-hydroxylation sites is 1. The predicted molar refractivity (Wildman–Crippen MR) is 158 cm³/mol. The number of piperazine rings is 1. The molecule has 4 amide bonds. The van der Waals surface area contributed by atoms with Gasteiger partial charge in [-0.05, 0) is 48.6 Å². The molecule has 1 fully saturated rings. The van der Waals surface area contributed by atoms with Gasteiger partial charge in [0, 0.05) is 39.5 Å². The van der Waals surface area contributed by atoms with Crippen LogP contribution in [0.3, 0.4) is 0 Å². The molecule has 1 heterocycles. The van der Waals surface area contributed by atoms with Crippen molar-refractivity contribution in [2.75, 3.05) is 32.8 Å². The van der Waals surface area contributed by atoms with Gasteiger partial charge in [0.25, 0.3) is 5.91 Å². The van der Waals surface area contributed by atoms with Crippen molar-refractivity contribution in [1.82, 2.24) is 20.4 Å². The predicted octanol–water partition coefficient (Wildman–Crippen LogP) is 2.38. The second kappa shape index (κ2) is 15.6. The number of benzene rings is 2. The number of aryl methyl sites for hydroxylation is 1. The van der Waals surface area contributed by atoms with Gasteiger partial charge >= 0.3 is 12.1 Å². The fourth-order valence-electron chi connectivity index (χ4n) is 4.57. The van der Waals surface area contributed by atoms with E-state index in [1.54, 1.807) is 41.3 Å². The molecule has 0 saturated carbocycles. The van der Waals surface area contributed by atoms with Gasteiger partial charge in [-0.25, -0.2) is 9.59 Å². The number of amides is 4. The van der Waals surface area contributed by atoms with E-state index in [-0.39, 0.29) is 30.6 Å². The molecular weight excluding hydrogens is 556 g/mol. The van der Waals surface area contributed by atoms with Crippen LogP contribution in [0.25, 0.3) is 0 Å². The standard InChI is InChI=1S/C31H40N4O8/c1-20(2)17-25(32-28(37)19-42-27-8-6-5-7-21(27)3)29(38)33-26(30(39)40)18-23-9-11-24(12-10-23)43-31(41)35-15-13-34(14-16-35)22(4)36/h5-12,20,25-26H,13-19H2,1-4H3,(H,32,37)(H,33,38)(H,39,40)/t25-,26-/m0/s1. The van der Waals surface area contributed by atoms with Gasteiger partial charge in [-0.2, -0.15) is 0 Å². The summed E-state index contributed by atoms with van der Waals surface area (Å²) in [6.45, 7) is 8.46. The Balaban J connectivity index is 1.55. The molecule has 2 aromatic rings. The van der Waals surface area contributed by atoms with Gasteiger partial charge in [0.15, 0.2) is 6.61 Å². The minimum Gasteiger partial charge on any atom is -0.484 e. The van der Waals surface area contributed by atoms with Gasteiger partial charge in [-0.15, -0.1) is 0 Å². The van der Waals surface area contributed by atoms with Crippen molar-refractivity contribution < 1.29 is 38.6 Å². The topological polar surface area (TPSA) is 155 Å². The Bertz CT molecular complexity index is 1290. The smallest absolute Gasteiger partial charge is 0.415 e. The lowest BCUT2D eigenvalue weighted by atomic mass is 10.0. The Morgan fingerprint density at radius 1 is 0.884 bits per heavy atom. The van der Waals surface area contributed by atoms with Crippen LogP contribution in [0, 0.1) is 12.8 Å². The van der Waals surface area contributed by atoms with E-state index < -0.39 is 36.0 Å². The largest absolute Gasteiger partial charge is 0.484 e. The van der Waals surface area contributed by atoms with Crippen LogP contribution in [-0.2, 0) is 25.6 Å². The first-order valence-electron chi connectivity index (χ1n) is 14.2. The molecule has 2 atom stereocenters. The third kappa shape index (κ3) is 10.3. The Hall–Kier alpha value is -4.61. The molecule has 0 unspecified atom stereocenters. The molecular formula is C31H40N4O8. The van der Waals surface area contributed by atoms with Crippen LogP contribution in [0.15, 0.2) is 48.5 Å². The molecule has 1 saturated heterocycles. The van der Waals surface area contributed by atoms with Crippen molar-refractivity contribution in [3.63, 3.8) is 0 Å². The number of carboxylic acids is 1. The highest BCUT2D eigenvalue weighted by Crippen LogP contribution is 2.17. The maximum Gasteiger partial charge on any atom is 0.415 e. The molecule has 1 aliphatic heterocycles. The second-order valence-electron chi connectivity index (χ2n) is 10.9. The molecule has 0 spiro atoms. The lowest BCUT2D eigenvalue weighted by Crippen LogP contribution is -2.53. The number of nitrogens with one attached hydrogen (secondary N) is 2. The van der Waals surface area contributed by atoms with Crippen LogP contribution < -0.4 is 20.1 Å². The summed E-state index contributed by atoms with van der Waals surface area (Å²) in [6.07, 6.45) is -0.256. The lowest BCUT2D eigenvalue weighted by Gasteiger charge is -2.33. The van der Waals surface area contributed by atoms with Crippen molar-refractivity contribution in [3.05, 3.63) is 59.7 Å². The maximum atomic E-state index is 13.1. The highest BCUT2D eigenvalue weighted by atomic mass is 16.6. The molecule has 0 aromatic heterocycles. The summed E-state index contributed by atoms with van der Waals surface area (Å²) in [5.74, 6) is -1.49. The minimum atomic E-state index is -1.26. The summed E-state index contributed by atoms with van der Waals surface area (Å²) in [5, 5.41) is 15.0. The monoisotopic (exact) mass is 596 g/mol. The average molecular weight is 597 g/mol. The summed E-state index contributed by atoms with van der Waals surface area (Å²) in [7, 11) is 0. The van der Waals surface area contributed by atoms with Crippen molar-refractivity contribution in [2.24, 2.45) is 5.92 Å². The van der Waals surface area contributed by atoms with Gasteiger partial charge in [-0.1, -0.05) is 44.2 Å². The first-order valence-corrected chi connectivity index (χ1v) is 14.2. The van der Waals surface area contributed by atoms with E-state index in [0.717, 1.165) is 5.56 Å². The third-order valence-electron chi connectivity index (χ3n) is 6.98. The minimum absolute atomic E-state index is 0.0267. The highest BCUT2D eigenvalue weighted by molar-refractivity contribution is 5.90. The number of ether oxygens (including phenoxy) is 2. The van der Waals surface area contributed by atoms with E-state index in [1.807, 2.05) is 32.9 Å².